The van der Waals surface area contributed by atoms with E-state index in [-0.39, 0.29) is 35.1 Å². The lowest BCUT2D eigenvalue weighted by atomic mass is 9.55. The van der Waals surface area contributed by atoms with Crippen molar-refractivity contribution < 1.29 is 19.4 Å². The van der Waals surface area contributed by atoms with Gasteiger partial charge in [-0.15, -0.1) is 0 Å². The predicted molar refractivity (Wildman–Crippen MR) is 127 cm³/mol. The number of anilines is 1. The van der Waals surface area contributed by atoms with Crippen molar-refractivity contribution in [1.82, 2.24) is 4.90 Å². The van der Waals surface area contributed by atoms with Gasteiger partial charge in [-0.2, -0.15) is 0 Å². The summed E-state index contributed by atoms with van der Waals surface area (Å²) >= 11 is 0. The first-order valence-corrected chi connectivity index (χ1v) is 12.5. The predicted octanol–water partition coefficient (Wildman–Crippen LogP) is 3.30. The first kappa shape index (κ1) is 22.6. The SMILES string of the molecule is CC(=O)c1ccc(N2CCN(C[C@H]3C(=O)O[C@@H]4CC5=CCC[C@H](C)[C@@]5(C)[C@@H](O)[C@@H]43)CC2)cc1. The van der Waals surface area contributed by atoms with E-state index < -0.39 is 6.10 Å². The van der Waals surface area contributed by atoms with Gasteiger partial charge >= 0.3 is 5.97 Å². The topological polar surface area (TPSA) is 70.1 Å². The van der Waals surface area contributed by atoms with Crippen LogP contribution in [0.4, 0.5) is 5.69 Å². The number of aliphatic hydroxyl groups excluding tert-OH is 1. The normalized spacial score (nSPS) is 36.6. The van der Waals surface area contributed by atoms with E-state index in [1.807, 2.05) is 24.3 Å². The summed E-state index contributed by atoms with van der Waals surface area (Å²) in [5.41, 5.74) is 2.89. The molecule has 178 valence electrons. The second-order valence-corrected chi connectivity index (χ2v) is 10.7. The average molecular weight is 453 g/mol. The van der Waals surface area contributed by atoms with Crippen LogP contribution in [0.2, 0.25) is 0 Å². The van der Waals surface area contributed by atoms with E-state index in [4.69, 9.17) is 4.74 Å². The fourth-order valence-electron chi connectivity index (χ4n) is 6.65. The summed E-state index contributed by atoms with van der Waals surface area (Å²) in [7, 11) is 0. The molecule has 1 saturated carbocycles. The molecule has 2 aliphatic carbocycles. The fourth-order valence-corrected chi connectivity index (χ4v) is 6.65. The van der Waals surface area contributed by atoms with Crippen molar-refractivity contribution >= 4 is 17.4 Å². The average Bonchev–Trinajstić information content (AvgIpc) is 3.11. The summed E-state index contributed by atoms with van der Waals surface area (Å²) in [6.45, 7) is 10.2. The Bertz CT molecular complexity index is 949. The van der Waals surface area contributed by atoms with Crippen molar-refractivity contribution in [1.29, 1.82) is 0 Å². The van der Waals surface area contributed by atoms with Crippen LogP contribution >= 0.6 is 0 Å². The maximum Gasteiger partial charge on any atom is 0.311 e. The van der Waals surface area contributed by atoms with Crippen LogP contribution in [0.5, 0.6) is 0 Å². The molecular weight excluding hydrogens is 416 g/mol. The highest BCUT2D eigenvalue weighted by molar-refractivity contribution is 5.94. The van der Waals surface area contributed by atoms with Crippen LogP contribution in [0.3, 0.4) is 0 Å². The number of esters is 1. The van der Waals surface area contributed by atoms with E-state index in [0.29, 0.717) is 12.5 Å². The highest BCUT2D eigenvalue weighted by atomic mass is 16.6. The number of ether oxygens (including phenoxy) is 1. The van der Waals surface area contributed by atoms with Crippen molar-refractivity contribution in [3.8, 4) is 0 Å². The number of Topliss-reactive ketones (excluding diaryl/α,β-unsaturated/α-hetero) is 1. The number of piperazine rings is 1. The first-order valence-electron chi connectivity index (χ1n) is 12.5. The van der Waals surface area contributed by atoms with E-state index >= 15 is 0 Å². The molecule has 6 heteroatoms. The second-order valence-electron chi connectivity index (χ2n) is 10.7. The monoisotopic (exact) mass is 452 g/mol. The Morgan fingerprint density at radius 1 is 1.18 bits per heavy atom. The number of rotatable bonds is 4. The molecule has 0 unspecified atom stereocenters. The lowest BCUT2D eigenvalue weighted by Crippen LogP contribution is -2.55. The number of carbonyl (C=O) groups is 2. The lowest BCUT2D eigenvalue weighted by Gasteiger charge is -2.52. The standard InChI is InChI=1S/C27H36N2O4/c1-17-5-4-6-20-15-23-24(25(31)27(17,20)3)22(26(32)33-23)16-28-11-13-29(14-12-28)21-9-7-19(8-10-21)18(2)30/h6-10,17,22-25,31H,4-5,11-16H2,1-3H3/t17-,22+,23+,24+,25-,27+/m0/s1. The molecule has 1 aromatic carbocycles. The Balaban J connectivity index is 1.25. The van der Waals surface area contributed by atoms with E-state index in [2.05, 4.69) is 29.7 Å². The Hall–Kier alpha value is -2.18. The molecular formula is C27H36N2O4. The van der Waals surface area contributed by atoms with Crippen LogP contribution in [0, 0.1) is 23.2 Å². The van der Waals surface area contributed by atoms with Crippen LogP contribution in [-0.4, -0.2) is 66.7 Å². The molecule has 5 rings (SSSR count). The molecule has 0 radical (unpaired) electrons. The zero-order valence-electron chi connectivity index (χ0n) is 20.0. The molecule has 0 amide bonds. The molecule has 0 spiro atoms. The number of ketones is 1. The first-order chi connectivity index (χ1) is 15.8. The summed E-state index contributed by atoms with van der Waals surface area (Å²) in [5.74, 6) is -0.0436. The van der Waals surface area contributed by atoms with Gasteiger partial charge in [0.2, 0.25) is 0 Å². The zero-order chi connectivity index (χ0) is 23.3. The molecule has 0 bridgehead atoms. The van der Waals surface area contributed by atoms with Crippen molar-refractivity contribution in [3.05, 3.63) is 41.5 Å². The highest BCUT2D eigenvalue weighted by Gasteiger charge is 2.59. The van der Waals surface area contributed by atoms with Gasteiger partial charge in [0.15, 0.2) is 5.78 Å². The molecule has 2 heterocycles. The van der Waals surface area contributed by atoms with Gasteiger partial charge < -0.3 is 14.7 Å². The number of hydrogen-bond donors (Lipinski definition) is 1. The molecule has 6 nitrogen and oxygen atoms in total. The molecule has 0 aromatic heterocycles. The van der Waals surface area contributed by atoms with Crippen molar-refractivity contribution in [3.63, 3.8) is 0 Å². The van der Waals surface area contributed by atoms with Gasteiger partial charge in [0.1, 0.15) is 6.10 Å². The molecule has 33 heavy (non-hydrogen) atoms. The molecule has 1 N–H and O–H groups in total. The third-order valence-electron chi connectivity index (χ3n) is 9.04. The number of carbonyl (C=O) groups excluding carboxylic acids is 2. The minimum Gasteiger partial charge on any atom is -0.461 e. The van der Waals surface area contributed by atoms with E-state index in [1.54, 1.807) is 6.92 Å². The maximum atomic E-state index is 12.9. The molecule has 2 saturated heterocycles. The highest BCUT2D eigenvalue weighted by Crippen LogP contribution is 2.56. The number of aliphatic hydroxyl groups is 1. The van der Waals surface area contributed by atoms with Gasteiger partial charge in [-0.05, 0) is 49.9 Å². The van der Waals surface area contributed by atoms with Crippen molar-refractivity contribution in [2.24, 2.45) is 23.2 Å². The number of fused-ring (bicyclic) bond motifs is 2. The van der Waals surface area contributed by atoms with Crippen LogP contribution in [0.1, 0.15) is 50.4 Å². The van der Waals surface area contributed by atoms with Gasteiger partial charge in [0, 0.05) is 61.7 Å². The number of benzene rings is 1. The molecule has 4 aliphatic rings. The van der Waals surface area contributed by atoms with E-state index in [9.17, 15) is 14.7 Å². The van der Waals surface area contributed by atoms with Crippen LogP contribution < -0.4 is 4.90 Å². The summed E-state index contributed by atoms with van der Waals surface area (Å²) in [6, 6.07) is 7.80. The Kier molecular flexibility index (Phi) is 5.86. The van der Waals surface area contributed by atoms with Crippen molar-refractivity contribution in [2.45, 2.75) is 52.2 Å². The minimum absolute atomic E-state index is 0.0807. The third kappa shape index (κ3) is 3.81. The minimum atomic E-state index is -0.546. The summed E-state index contributed by atoms with van der Waals surface area (Å²) < 4.78 is 5.84. The summed E-state index contributed by atoms with van der Waals surface area (Å²) in [4.78, 5) is 29.1. The molecule has 2 aliphatic heterocycles. The smallest absolute Gasteiger partial charge is 0.311 e. The lowest BCUT2D eigenvalue weighted by molar-refractivity contribution is -0.145. The number of allylic oxidation sites excluding steroid dienone is 1. The fraction of sp³-hybridized carbons (Fsp3) is 0.630. The van der Waals surface area contributed by atoms with Gasteiger partial charge in [0.25, 0.3) is 0 Å². The Labute approximate surface area is 196 Å². The zero-order valence-corrected chi connectivity index (χ0v) is 20.0. The molecule has 1 aromatic rings. The van der Waals surface area contributed by atoms with Gasteiger partial charge in [-0.25, -0.2) is 0 Å². The van der Waals surface area contributed by atoms with Crippen LogP contribution in [-0.2, 0) is 9.53 Å². The maximum absolute atomic E-state index is 12.9. The number of nitrogens with zero attached hydrogens (tertiary/aromatic N) is 2. The molecule has 6 atom stereocenters. The van der Waals surface area contributed by atoms with Gasteiger partial charge in [-0.3, -0.25) is 14.5 Å². The van der Waals surface area contributed by atoms with Crippen molar-refractivity contribution in [2.75, 3.05) is 37.6 Å². The van der Waals surface area contributed by atoms with Crippen LogP contribution in [0.25, 0.3) is 0 Å². The van der Waals surface area contributed by atoms with E-state index in [1.165, 1.54) is 5.57 Å². The van der Waals surface area contributed by atoms with E-state index in [0.717, 1.165) is 56.7 Å². The Morgan fingerprint density at radius 3 is 2.55 bits per heavy atom. The second kappa shape index (κ2) is 8.55. The largest absolute Gasteiger partial charge is 0.461 e. The van der Waals surface area contributed by atoms with Gasteiger partial charge in [-0.1, -0.05) is 25.5 Å². The summed E-state index contributed by atoms with van der Waals surface area (Å²) in [5, 5.41) is 11.6. The number of hydrogen-bond acceptors (Lipinski definition) is 6. The molecule has 3 fully saturated rings. The summed E-state index contributed by atoms with van der Waals surface area (Å²) in [6.07, 6.45) is 4.45. The quantitative estimate of drug-likeness (QED) is 0.430. The Morgan fingerprint density at radius 2 is 1.88 bits per heavy atom. The third-order valence-corrected chi connectivity index (χ3v) is 9.04. The van der Waals surface area contributed by atoms with Gasteiger partial charge in [0.05, 0.1) is 12.0 Å². The van der Waals surface area contributed by atoms with Crippen LogP contribution in [0.15, 0.2) is 35.9 Å².